The molecule has 0 spiro atoms. The Labute approximate surface area is 95.2 Å². The van der Waals surface area contributed by atoms with Crippen molar-refractivity contribution in [3.63, 3.8) is 0 Å². The van der Waals surface area contributed by atoms with E-state index in [9.17, 15) is 8.42 Å². The van der Waals surface area contributed by atoms with Gasteiger partial charge in [0, 0.05) is 10.7 Å². The zero-order valence-electron chi connectivity index (χ0n) is 6.94. The van der Waals surface area contributed by atoms with Gasteiger partial charge in [-0.2, -0.15) is 8.42 Å². The quantitative estimate of drug-likeness (QED) is 0.684. The molecule has 14 heavy (non-hydrogen) atoms. The minimum absolute atomic E-state index is 0.143. The zero-order valence-corrected chi connectivity index (χ0v) is 10.1. The van der Waals surface area contributed by atoms with Gasteiger partial charge in [0.2, 0.25) is 0 Å². The van der Waals surface area contributed by atoms with Crippen molar-refractivity contribution >= 4 is 37.6 Å². The summed E-state index contributed by atoms with van der Waals surface area (Å²) in [6.45, 7) is 0. The van der Waals surface area contributed by atoms with Crippen molar-refractivity contribution < 1.29 is 13.0 Å². The molecule has 0 saturated carbocycles. The van der Waals surface area contributed by atoms with Crippen LogP contribution in [0.2, 0.25) is 5.15 Å². The SMILES string of the molecule is O=S(=O)(O)CCc1cc(Br)cnc1Cl. The zero-order chi connectivity index (χ0) is 10.8. The fourth-order valence-electron chi connectivity index (χ4n) is 0.879. The van der Waals surface area contributed by atoms with Crippen LogP contribution >= 0.6 is 27.5 Å². The van der Waals surface area contributed by atoms with Gasteiger partial charge in [-0.15, -0.1) is 0 Å². The van der Waals surface area contributed by atoms with E-state index in [1.807, 2.05) is 0 Å². The summed E-state index contributed by atoms with van der Waals surface area (Å²) < 4.78 is 30.2. The Morgan fingerprint density at radius 3 is 2.79 bits per heavy atom. The largest absolute Gasteiger partial charge is 0.286 e. The summed E-state index contributed by atoms with van der Waals surface area (Å²) in [7, 11) is -3.95. The number of rotatable bonds is 3. The summed E-state index contributed by atoms with van der Waals surface area (Å²) in [5, 5.41) is 0.247. The second-order valence-electron chi connectivity index (χ2n) is 2.64. The number of aryl methyl sites for hydroxylation is 1. The Morgan fingerprint density at radius 2 is 2.21 bits per heavy atom. The normalized spacial score (nSPS) is 11.6. The van der Waals surface area contributed by atoms with E-state index in [4.69, 9.17) is 16.2 Å². The lowest BCUT2D eigenvalue weighted by Crippen LogP contribution is -2.07. The van der Waals surface area contributed by atoms with Crippen LogP contribution in [0.15, 0.2) is 16.7 Å². The van der Waals surface area contributed by atoms with E-state index in [0.29, 0.717) is 10.0 Å². The second kappa shape index (κ2) is 4.57. The highest BCUT2D eigenvalue weighted by atomic mass is 79.9. The van der Waals surface area contributed by atoms with E-state index in [1.165, 1.54) is 6.20 Å². The van der Waals surface area contributed by atoms with Crippen LogP contribution in [0.4, 0.5) is 0 Å². The van der Waals surface area contributed by atoms with Crippen molar-refractivity contribution in [2.24, 2.45) is 0 Å². The predicted octanol–water partition coefficient (Wildman–Crippen LogP) is 1.93. The number of hydrogen-bond donors (Lipinski definition) is 1. The molecule has 0 amide bonds. The highest BCUT2D eigenvalue weighted by Gasteiger charge is 2.08. The summed E-state index contributed by atoms with van der Waals surface area (Å²) in [5.41, 5.74) is 0.582. The van der Waals surface area contributed by atoms with Gasteiger partial charge in [0.05, 0.1) is 5.75 Å². The molecule has 0 aliphatic heterocycles. The number of hydrogen-bond acceptors (Lipinski definition) is 3. The maximum absolute atomic E-state index is 10.5. The third-order valence-electron chi connectivity index (χ3n) is 1.51. The molecule has 1 heterocycles. The Hall–Kier alpha value is -0.170. The van der Waals surface area contributed by atoms with Crippen LogP contribution < -0.4 is 0 Å². The van der Waals surface area contributed by atoms with Gasteiger partial charge in [-0.25, -0.2) is 4.98 Å². The molecule has 1 rings (SSSR count). The van der Waals surface area contributed by atoms with Gasteiger partial charge in [0.25, 0.3) is 10.1 Å². The van der Waals surface area contributed by atoms with Crippen LogP contribution in [0, 0.1) is 0 Å². The summed E-state index contributed by atoms with van der Waals surface area (Å²) in [6, 6.07) is 1.67. The van der Waals surface area contributed by atoms with Gasteiger partial charge in [0.15, 0.2) is 0 Å². The van der Waals surface area contributed by atoms with Crippen molar-refractivity contribution in [1.29, 1.82) is 0 Å². The monoisotopic (exact) mass is 299 g/mol. The Kier molecular flexibility index (Phi) is 3.88. The van der Waals surface area contributed by atoms with E-state index in [-0.39, 0.29) is 17.3 Å². The molecule has 4 nitrogen and oxygen atoms in total. The maximum Gasteiger partial charge on any atom is 0.265 e. The van der Waals surface area contributed by atoms with E-state index in [2.05, 4.69) is 20.9 Å². The lowest BCUT2D eigenvalue weighted by Gasteiger charge is -2.02. The summed E-state index contributed by atoms with van der Waals surface area (Å²) in [5.74, 6) is -0.356. The van der Waals surface area contributed by atoms with Gasteiger partial charge in [-0.1, -0.05) is 11.6 Å². The van der Waals surface area contributed by atoms with E-state index >= 15 is 0 Å². The van der Waals surface area contributed by atoms with Gasteiger partial charge < -0.3 is 0 Å². The molecule has 0 saturated heterocycles. The van der Waals surface area contributed by atoms with Crippen molar-refractivity contribution in [2.45, 2.75) is 6.42 Å². The van der Waals surface area contributed by atoms with Crippen LogP contribution in [0.1, 0.15) is 5.56 Å². The molecule has 1 aromatic rings. The van der Waals surface area contributed by atoms with Crippen LogP contribution in [-0.2, 0) is 16.5 Å². The minimum Gasteiger partial charge on any atom is -0.286 e. The molecular formula is C7H7BrClNO3S. The molecule has 7 heteroatoms. The molecular weight excluding hydrogens is 294 g/mol. The maximum atomic E-state index is 10.5. The first-order valence-electron chi connectivity index (χ1n) is 3.63. The van der Waals surface area contributed by atoms with Crippen LogP contribution in [0.25, 0.3) is 0 Å². The Bertz CT molecular complexity index is 435. The first-order chi connectivity index (χ1) is 6.38. The number of nitrogens with zero attached hydrogens (tertiary/aromatic N) is 1. The topological polar surface area (TPSA) is 67.3 Å². The van der Waals surface area contributed by atoms with E-state index in [0.717, 1.165) is 0 Å². The van der Waals surface area contributed by atoms with E-state index in [1.54, 1.807) is 6.07 Å². The van der Waals surface area contributed by atoms with Crippen molar-refractivity contribution in [2.75, 3.05) is 5.75 Å². The van der Waals surface area contributed by atoms with Crippen molar-refractivity contribution in [3.8, 4) is 0 Å². The highest BCUT2D eigenvalue weighted by Crippen LogP contribution is 2.18. The smallest absolute Gasteiger partial charge is 0.265 e. The molecule has 0 aliphatic rings. The molecule has 0 bridgehead atoms. The molecule has 0 fully saturated rings. The molecule has 0 aromatic carbocycles. The first kappa shape index (κ1) is 11.9. The molecule has 1 aromatic heterocycles. The minimum atomic E-state index is -3.95. The third kappa shape index (κ3) is 3.91. The molecule has 0 atom stereocenters. The number of aromatic nitrogens is 1. The average molecular weight is 301 g/mol. The van der Waals surface area contributed by atoms with Crippen LogP contribution in [0.3, 0.4) is 0 Å². The standard InChI is InChI=1S/C7H7BrClNO3S/c8-6-3-5(7(9)10-4-6)1-2-14(11,12)13/h3-4H,1-2H2,(H,11,12,13). The van der Waals surface area contributed by atoms with Gasteiger partial charge in [0.1, 0.15) is 5.15 Å². The van der Waals surface area contributed by atoms with Gasteiger partial charge in [-0.3, -0.25) is 4.55 Å². The Morgan fingerprint density at radius 1 is 1.57 bits per heavy atom. The van der Waals surface area contributed by atoms with Crippen LogP contribution in [-0.4, -0.2) is 23.7 Å². The highest BCUT2D eigenvalue weighted by molar-refractivity contribution is 9.10. The summed E-state index contributed by atoms with van der Waals surface area (Å²) in [6.07, 6.45) is 1.66. The van der Waals surface area contributed by atoms with Crippen molar-refractivity contribution in [1.82, 2.24) is 4.98 Å². The first-order valence-corrected chi connectivity index (χ1v) is 6.41. The van der Waals surface area contributed by atoms with Gasteiger partial charge >= 0.3 is 0 Å². The van der Waals surface area contributed by atoms with Crippen molar-refractivity contribution in [3.05, 3.63) is 27.5 Å². The fourth-order valence-corrected chi connectivity index (χ4v) is 1.93. The third-order valence-corrected chi connectivity index (χ3v) is 3.00. The fraction of sp³-hybridized carbons (Fsp3) is 0.286. The Balaban J connectivity index is 2.81. The number of halogens is 2. The lowest BCUT2D eigenvalue weighted by atomic mass is 10.2. The van der Waals surface area contributed by atoms with Crippen LogP contribution in [0.5, 0.6) is 0 Å². The molecule has 78 valence electrons. The predicted molar refractivity (Wildman–Crippen MR) is 57.1 cm³/mol. The average Bonchev–Trinajstić information content (AvgIpc) is 2.05. The molecule has 0 unspecified atom stereocenters. The molecule has 0 aliphatic carbocycles. The summed E-state index contributed by atoms with van der Waals surface area (Å²) >= 11 is 8.90. The van der Waals surface area contributed by atoms with Gasteiger partial charge in [-0.05, 0) is 34.0 Å². The number of pyridine rings is 1. The molecule has 1 N–H and O–H groups in total. The summed E-state index contributed by atoms with van der Waals surface area (Å²) in [4.78, 5) is 3.82. The second-order valence-corrected chi connectivity index (χ2v) is 5.49. The lowest BCUT2D eigenvalue weighted by molar-refractivity contribution is 0.482. The molecule has 0 radical (unpaired) electrons. The van der Waals surface area contributed by atoms with E-state index < -0.39 is 10.1 Å².